The van der Waals surface area contributed by atoms with Crippen LogP contribution in [0.4, 0.5) is 0 Å². The maximum Gasteiger partial charge on any atom is 0.332 e. The van der Waals surface area contributed by atoms with Crippen LogP contribution in [0.5, 0.6) is 0 Å². The summed E-state index contributed by atoms with van der Waals surface area (Å²) in [4.78, 5) is 31.8. The van der Waals surface area contributed by atoms with Gasteiger partial charge >= 0.3 is 5.69 Å². The molecule has 0 amide bonds. The lowest BCUT2D eigenvalue weighted by Gasteiger charge is -2.00. The number of hydrogen-bond donors (Lipinski definition) is 1. The zero-order valence-corrected chi connectivity index (χ0v) is 13.0. The second-order valence-corrected chi connectivity index (χ2v) is 5.64. The average Bonchev–Trinajstić information content (AvgIpc) is 3.13. The lowest BCUT2D eigenvalue weighted by atomic mass is 10.2. The SMILES string of the molecule is Cn1c(=O)c2[nH]c(-c3cc4ccccc4n3C)nc2n(C)c1=O. The van der Waals surface area contributed by atoms with Gasteiger partial charge in [0.05, 0.1) is 5.69 Å². The van der Waals surface area contributed by atoms with E-state index in [-0.39, 0.29) is 5.56 Å². The summed E-state index contributed by atoms with van der Waals surface area (Å²) >= 11 is 0. The molecule has 116 valence electrons. The third-order valence-electron chi connectivity index (χ3n) is 4.29. The molecule has 0 unspecified atom stereocenters. The van der Waals surface area contributed by atoms with Crippen LogP contribution >= 0.6 is 0 Å². The molecule has 0 aliphatic carbocycles. The van der Waals surface area contributed by atoms with Gasteiger partial charge in [-0.05, 0) is 12.1 Å². The molecule has 3 heterocycles. The van der Waals surface area contributed by atoms with Gasteiger partial charge in [-0.2, -0.15) is 0 Å². The normalized spacial score (nSPS) is 11.6. The minimum absolute atomic E-state index is 0.329. The van der Waals surface area contributed by atoms with Crippen molar-refractivity contribution in [3.05, 3.63) is 51.2 Å². The number of hydrogen-bond acceptors (Lipinski definition) is 3. The number of aromatic amines is 1. The van der Waals surface area contributed by atoms with Crippen molar-refractivity contribution in [3.63, 3.8) is 0 Å². The second-order valence-electron chi connectivity index (χ2n) is 5.64. The number of fused-ring (bicyclic) bond motifs is 2. The van der Waals surface area contributed by atoms with Gasteiger partial charge in [-0.15, -0.1) is 0 Å². The Kier molecular flexibility index (Phi) is 2.63. The van der Waals surface area contributed by atoms with E-state index in [0.29, 0.717) is 17.0 Å². The Hall–Kier alpha value is -3.09. The van der Waals surface area contributed by atoms with Crippen molar-refractivity contribution in [2.24, 2.45) is 21.1 Å². The molecule has 4 rings (SSSR count). The van der Waals surface area contributed by atoms with Crippen molar-refractivity contribution in [1.29, 1.82) is 0 Å². The Morgan fingerprint density at radius 2 is 1.74 bits per heavy atom. The summed E-state index contributed by atoms with van der Waals surface area (Å²) in [6.45, 7) is 0. The van der Waals surface area contributed by atoms with Crippen molar-refractivity contribution in [2.75, 3.05) is 0 Å². The first-order valence-electron chi connectivity index (χ1n) is 7.19. The summed E-state index contributed by atoms with van der Waals surface area (Å²) in [6, 6.07) is 10.0. The highest BCUT2D eigenvalue weighted by molar-refractivity contribution is 5.87. The van der Waals surface area contributed by atoms with Crippen LogP contribution in [0.2, 0.25) is 0 Å². The fraction of sp³-hybridized carbons (Fsp3) is 0.188. The number of aryl methyl sites for hydroxylation is 2. The average molecular weight is 309 g/mol. The number of rotatable bonds is 1. The van der Waals surface area contributed by atoms with Crippen molar-refractivity contribution >= 4 is 22.1 Å². The maximum absolute atomic E-state index is 12.3. The molecule has 0 radical (unpaired) electrons. The first-order valence-corrected chi connectivity index (χ1v) is 7.19. The number of imidazole rings is 1. The van der Waals surface area contributed by atoms with E-state index in [1.165, 1.54) is 11.6 Å². The topological polar surface area (TPSA) is 77.6 Å². The number of para-hydroxylation sites is 1. The van der Waals surface area contributed by atoms with Gasteiger partial charge in [0.25, 0.3) is 5.56 Å². The van der Waals surface area contributed by atoms with Crippen molar-refractivity contribution in [3.8, 4) is 11.5 Å². The van der Waals surface area contributed by atoms with E-state index in [1.54, 1.807) is 7.05 Å². The van der Waals surface area contributed by atoms with Gasteiger partial charge in [0, 0.05) is 32.0 Å². The third kappa shape index (κ3) is 1.73. The first-order chi connectivity index (χ1) is 11.0. The molecule has 7 nitrogen and oxygen atoms in total. The molecule has 0 aliphatic rings. The Bertz CT molecular complexity index is 1190. The number of H-pyrrole nitrogens is 1. The molecule has 0 fully saturated rings. The second kappa shape index (κ2) is 4.45. The fourth-order valence-corrected chi connectivity index (χ4v) is 2.96. The van der Waals surface area contributed by atoms with Crippen LogP contribution in [0.3, 0.4) is 0 Å². The van der Waals surface area contributed by atoms with Crippen LogP contribution in [-0.2, 0) is 21.1 Å². The molecule has 0 aliphatic heterocycles. The molecule has 0 saturated heterocycles. The van der Waals surface area contributed by atoms with Gasteiger partial charge in [-0.25, -0.2) is 9.78 Å². The summed E-state index contributed by atoms with van der Waals surface area (Å²) in [5, 5.41) is 1.09. The van der Waals surface area contributed by atoms with Crippen LogP contribution in [-0.4, -0.2) is 23.7 Å². The van der Waals surface area contributed by atoms with E-state index in [2.05, 4.69) is 9.97 Å². The molecule has 0 saturated carbocycles. The largest absolute Gasteiger partial charge is 0.341 e. The predicted molar refractivity (Wildman–Crippen MR) is 88.5 cm³/mol. The molecule has 7 heteroatoms. The molecule has 0 spiro atoms. The molecule has 4 aromatic rings. The van der Waals surface area contributed by atoms with Crippen LogP contribution in [0.25, 0.3) is 33.6 Å². The van der Waals surface area contributed by atoms with E-state index >= 15 is 0 Å². The lowest BCUT2D eigenvalue weighted by molar-refractivity contribution is 0.709. The molecule has 23 heavy (non-hydrogen) atoms. The number of benzene rings is 1. The molecule has 1 aromatic carbocycles. The third-order valence-corrected chi connectivity index (χ3v) is 4.29. The summed E-state index contributed by atoms with van der Waals surface area (Å²) in [5.41, 5.74) is 1.85. The summed E-state index contributed by atoms with van der Waals surface area (Å²) in [5.74, 6) is 0.567. The highest BCUT2D eigenvalue weighted by atomic mass is 16.2. The smallest absolute Gasteiger partial charge is 0.332 e. The summed E-state index contributed by atoms with van der Waals surface area (Å²) in [7, 11) is 5.01. The van der Waals surface area contributed by atoms with Crippen molar-refractivity contribution in [2.45, 2.75) is 0 Å². The molecule has 1 N–H and O–H groups in total. The van der Waals surface area contributed by atoms with E-state index < -0.39 is 5.69 Å². The van der Waals surface area contributed by atoms with Crippen molar-refractivity contribution in [1.82, 2.24) is 23.7 Å². The Morgan fingerprint density at radius 1 is 1.00 bits per heavy atom. The fourth-order valence-electron chi connectivity index (χ4n) is 2.96. The predicted octanol–water partition coefficient (Wildman–Crippen LogP) is 1.12. The van der Waals surface area contributed by atoms with Gasteiger partial charge in [-0.1, -0.05) is 18.2 Å². The molecular formula is C16H15N5O2. The zero-order chi connectivity index (χ0) is 16.3. The van der Waals surface area contributed by atoms with Gasteiger partial charge in [0.1, 0.15) is 5.52 Å². The van der Waals surface area contributed by atoms with Gasteiger partial charge in [-0.3, -0.25) is 13.9 Å². The minimum atomic E-state index is -0.391. The van der Waals surface area contributed by atoms with Gasteiger partial charge < -0.3 is 9.55 Å². The Balaban J connectivity index is 2.08. The van der Waals surface area contributed by atoms with Crippen molar-refractivity contribution < 1.29 is 0 Å². The zero-order valence-electron chi connectivity index (χ0n) is 13.0. The first kappa shape index (κ1) is 13.6. The van der Waals surface area contributed by atoms with Crippen LogP contribution in [0, 0.1) is 0 Å². The van der Waals surface area contributed by atoms with Crippen LogP contribution in [0.1, 0.15) is 0 Å². The van der Waals surface area contributed by atoms with E-state index in [4.69, 9.17) is 0 Å². The Morgan fingerprint density at radius 3 is 2.48 bits per heavy atom. The molecule has 0 bridgehead atoms. The monoisotopic (exact) mass is 309 g/mol. The minimum Gasteiger partial charge on any atom is -0.341 e. The highest BCUT2D eigenvalue weighted by Crippen LogP contribution is 2.25. The van der Waals surface area contributed by atoms with Gasteiger partial charge in [0.2, 0.25) is 0 Å². The number of nitrogens with zero attached hydrogens (tertiary/aromatic N) is 4. The molecular weight excluding hydrogens is 294 g/mol. The van der Waals surface area contributed by atoms with Crippen LogP contribution in [0.15, 0.2) is 39.9 Å². The van der Waals surface area contributed by atoms with Crippen LogP contribution < -0.4 is 11.2 Å². The lowest BCUT2D eigenvalue weighted by Crippen LogP contribution is -2.36. The highest BCUT2D eigenvalue weighted by Gasteiger charge is 2.16. The van der Waals surface area contributed by atoms with E-state index in [9.17, 15) is 9.59 Å². The quantitative estimate of drug-likeness (QED) is 0.572. The van der Waals surface area contributed by atoms with Gasteiger partial charge in [0.15, 0.2) is 11.5 Å². The Labute approximate surface area is 130 Å². The summed E-state index contributed by atoms with van der Waals surface area (Å²) < 4.78 is 4.46. The van der Waals surface area contributed by atoms with E-state index in [0.717, 1.165) is 21.2 Å². The molecule has 3 aromatic heterocycles. The van der Waals surface area contributed by atoms with E-state index in [1.807, 2.05) is 41.9 Å². The number of nitrogens with one attached hydrogen (secondary N) is 1. The summed E-state index contributed by atoms with van der Waals surface area (Å²) in [6.07, 6.45) is 0. The number of aromatic nitrogens is 5. The molecule has 0 atom stereocenters. The maximum atomic E-state index is 12.3. The standard InChI is InChI=1S/C16H15N5O2/c1-19-10-7-5-4-6-9(10)8-11(19)13-17-12-14(18-13)20(2)16(23)21(3)15(12)22/h4-8H,1-3H3,(H,17,18).